The molecule has 0 aliphatic carbocycles. The average molecular weight is 312 g/mol. The van der Waals surface area contributed by atoms with Gasteiger partial charge in [0.1, 0.15) is 0 Å². The van der Waals surface area contributed by atoms with Crippen LogP contribution >= 0.6 is 15.9 Å². The fourth-order valence-corrected chi connectivity index (χ4v) is 2.52. The molecule has 1 heterocycles. The van der Waals surface area contributed by atoms with Gasteiger partial charge >= 0.3 is 5.97 Å². The number of halogens is 1. The van der Waals surface area contributed by atoms with Crippen LogP contribution in [-0.4, -0.2) is 26.4 Å². The average Bonchev–Trinajstić information content (AvgIpc) is 2.55. The van der Waals surface area contributed by atoms with Crippen molar-refractivity contribution < 1.29 is 15.0 Å². The minimum atomic E-state index is -1.79. The Kier molecular flexibility index (Phi) is 3.21. The molecule has 0 saturated carbocycles. The van der Waals surface area contributed by atoms with E-state index < -0.39 is 11.6 Å². The molecular formula is C13H14BrNO3. The zero-order chi connectivity index (χ0) is 13.5. The minimum Gasteiger partial charge on any atom is -0.479 e. The Bertz CT molecular complexity index is 616. The Morgan fingerprint density at radius 3 is 2.67 bits per heavy atom. The SMILES string of the molecule is Cc1c(Br)c2ccccc2n1CC(C)(O)C(=O)O. The predicted octanol–water partition coefficient (Wildman–Crippen LogP) is 2.55. The van der Waals surface area contributed by atoms with Crippen LogP contribution in [0.15, 0.2) is 28.7 Å². The van der Waals surface area contributed by atoms with Crippen LogP contribution in [0.2, 0.25) is 0 Å². The van der Waals surface area contributed by atoms with Gasteiger partial charge in [-0.1, -0.05) is 18.2 Å². The van der Waals surface area contributed by atoms with E-state index in [-0.39, 0.29) is 6.54 Å². The maximum absolute atomic E-state index is 11.0. The summed E-state index contributed by atoms with van der Waals surface area (Å²) in [5, 5.41) is 19.9. The van der Waals surface area contributed by atoms with Crippen LogP contribution in [0.3, 0.4) is 0 Å². The van der Waals surface area contributed by atoms with Crippen molar-refractivity contribution in [1.82, 2.24) is 4.57 Å². The van der Waals surface area contributed by atoms with E-state index in [2.05, 4.69) is 15.9 Å². The molecule has 1 aromatic carbocycles. The molecule has 0 fully saturated rings. The van der Waals surface area contributed by atoms with E-state index in [1.54, 1.807) is 0 Å². The second kappa shape index (κ2) is 4.40. The number of para-hydroxylation sites is 1. The first kappa shape index (κ1) is 13.1. The van der Waals surface area contributed by atoms with Gasteiger partial charge in [0.2, 0.25) is 0 Å². The molecule has 4 nitrogen and oxygen atoms in total. The normalized spacial score (nSPS) is 14.7. The number of benzene rings is 1. The van der Waals surface area contributed by atoms with E-state index in [0.29, 0.717) is 0 Å². The Balaban J connectivity index is 2.58. The zero-order valence-corrected chi connectivity index (χ0v) is 11.7. The van der Waals surface area contributed by atoms with E-state index >= 15 is 0 Å². The molecule has 0 saturated heterocycles. The molecule has 2 N–H and O–H groups in total. The van der Waals surface area contributed by atoms with Crippen molar-refractivity contribution in [3.63, 3.8) is 0 Å². The molecule has 96 valence electrons. The second-order valence-electron chi connectivity index (χ2n) is 4.58. The van der Waals surface area contributed by atoms with Crippen LogP contribution in [0.1, 0.15) is 12.6 Å². The number of hydrogen-bond acceptors (Lipinski definition) is 2. The molecule has 18 heavy (non-hydrogen) atoms. The van der Waals surface area contributed by atoms with Gasteiger partial charge in [-0.25, -0.2) is 4.79 Å². The lowest BCUT2D eigenvalue weighted by molar-refractivity contribution is -0.157. The maximum Gasteiger partial charge on any atom is 0.337 e. The standard InChI is InChI=1S/C13H14BrNO3/c1-8-11(14)9-5-3-4-6-10(9)15(8)7-13(2,18)12(16)17/h3-6,18H,7H2,1-2H3,(H,16,17). The predicted molar refractivity (Wildman–Crippen MR) is 72.6 cm³/mol. The third-order valence-electron chi connectivity index (χ3n) is 3.08. The van der Waals surface area contributed by atoms with Gasteiger partial charge in [-0.2, -0.15) is 0 Å². The van der Waals surface area contributed by atoms with Gasteiger partial charge in [0, 0.05) is 21.1 Å². The monoisotopic (exact) mass is 311 g/mol. The lowest BCUT2D eigenvalue weighted by atomic mass is 10.1. The lowest BCUT2D eigenvalue weighted by Crippen LogP contribution is -2.39. The van der Waals surface area contributed by atoms with Gasteiger partial charge < -0.3 is 14.8 Å². The number of fused-ring (bicyclic) bond motifs is 1. The first-order chi connectivity index (χ1) is 8.34. The molecule has 1 unspecified atom stereocenters. The number of carboxylic acid groups (broad SMARTS) is 1. The van der Waals surface area contributed by atoms with Gasteiger partial charge in [-0.3, -0.25) is 0 Å². The van der Waals surface area contributed by atoms with Gasteiger partial charge in [0.15, 0.2) is 5.60 Å². The summed E-state index contributed by atoms with van der Waals surface area (Å²) in [6, 6.07) is 7.68. The number of aromatic nitrogens is 1. The number of nitrogens with zero attached hydrogens (tertiary/aromatic N) is 1. The molecule has 2 rings (SSSR count). The van der Waals surface area contributed by atoms with Crippen LogP contribution < -0.4 is 0 Å². The van der Waals surface area contributed by atoms with E-state index in [0.717, 1.165) is 21.1 Å². The van der Waals surface area contributed by atoms with Gasteiger partial charge in [-0.15, -0.1) is 0 Å². The highest BCUT2D eigenvalue weighted by Crippen LogP contribution is 2.31. The number of hydrogen-bond donors (Lipinski definition) is 2. The van der Waals surface area contributed by atoms with Gasteiger partial charge in [0.25, 0.3) is 0 Å². The number of aliphatic hydroxyl groups is 1. The van der Waals surface area contributed by atoms with Crippen molar-refractivity contribution in [3.05, 3.63) is 34.4 Å². The molecule has 1 aromatic heterocycles. The van der Waals surface area contributed by atoms with Crippen LogP contribution in [-0.2, 0) is 11.3 Å². The van der Waals surface area contributed by atoms with Crippen molar-refractivity contribution in [2.75, 3.05) is 0 Å². The minimum absolute atomic E-state index is 0.0142. The quantitative estimate of drug-likeness (QED) is 0.915. The van der Waals surface area contributed by atoms with Crippen LogP contribution in [0, 0.1) is 6.92 Å². The van der Waals surface area contributed by atoms with Gasteiger partial charge in [-0.05, 0) is 35.8 Å². The highest BCUT2D eigenvalue weighted by atomic mass is 79.9. The molecule has 5 heteroatoms. The summed E-state index contributed by atoms with van der Waals surface area (Å²) >= 11 is 3.50. The largest absolute Gasteiger partial charge is 0.479 e. The van der Waals surface area contributed by atoms with Crippen molar-refractivity contribution >= 4 is 32.8 Å². The molecule has 0 aliphatic heterocycles. The summed E-state index contributed by atoms with van der Waals surface area (Å²) in [5.41, 5.74) is 0.0209. The molecule has 1 atom stereocenters. The van der Waals surface area contributed by atoms with Crippen molar-refractivity contribution in [1.29, 1.82) is 0 Å². The number of aliphatic carboxylic acids is 1. The Morgan fingerprint density at radius 1 is 1.44 bits per heavy atom. The highest BCUT2D eigenvalue weighted by molar-refractivity contribution is 9.10. The van der Waals surface area contributed by atoms with E-state index in [9.17, 15) is 9.90 Å². The molecule has 0 aliphatic rings. The topological polar surface area (TPSA) is 62.5 Å². The van der Waals surface area contributed by atoms with Crippen molar-refractivity contribution in [2.45, 2.75) is 26.0 Å². The first-order valence-electron chi connectivity index (χ1n) is 5.53. The molecule has 0 amide bonds. The van der Waals surface area contributed by atoms with Crippen LogP contribution in [0.25, 0.3) is 10.9 Å². The Morgan fingerprint density at radius 2 is 2.06 bits per heavy atom. The van der Waals surface area contributed by atoms with E-state index in [1.807, 2.05) is 35.8 Å². The van der Waals surface area contributed by atoms with Crippen LogP contribution in [0.4, 0.5) is 0 Å². The fraction of sp³-hybridized carbons (Fsp3) is 0.308. The molecule has 0 radical (unpaired) electrons. The summed E-state index contributed by atoms with van der Waals surface area (Å²) in [7, 11) is 0. The smallest absolute Gasteiger partial charge is 0.337 e. The third kappa shape index (κ3) is 2.04. The molecular weight excluding hydrogens is 298 g/mol. The van der Waals surface area contributed by atoms with E-state index in [4.69, 9.17) is 5.11 Å². The van der Waals surface area contributed by atoms with Crippen LogP contribution in [0.5, 0.6) is 0 Å². The summed E-state index contributed by atoms with van der Waals surface area (Å²) in [6.07, 6.45) is 0. The first-order valence-corrected chi connectivity index (χ1v) is 6.33. The van der Waals surface area contributed by atoms with E-state index in [1.165, 1.54) is 6.92 Å². The zero-order valence-electron chi connectivity index (χ0n) is 10.1. The van der Waals surface area contributed by atoms with Gasteiger partial charge in [0.05, 0.1) is 6.54 Å². The number of carbonyl (C=O) groups is 1. The number of rotatable bonds is 3. The fourth-order valence-electron chi connectivity index (χ4n) is 1.97. The Labute approximate surface area is 113 Å². The summed E-state index contributed by atoms with van der Waals surface area (Å²) in [6.45, 7) is 3.21. The summed E-state index contributed by atoms with van der Waals surface area (Å²) < 4.78 is 2.74. The number of carboxylic acids is 1. The van der Waals surface area contributed by atoms with Crippen molar-refractivity contribution in [3.8, 4) is 0 Å². The van der Waals surface area contributed by atoms with Crippen molar-refractivity contribution in [2.24, 2.45) is 0 Å². The highest BCUT2D eigenvalue weighted by Gasteiger charge is 2.31. The Hall–Kier alpha value is -1.33. The summed E-state index contributed by atoms with van der Waals surface area (Å²) in [4.78, 5) is 11.0. The summed E-state index contributed by atoms with van der Waals surface area (Å²) in [5.74, 6) is -1.23. The lowest BCUT2D eigenvalue weighted by Gasteiger charge is -2.20. The third-order valence-corrected chi connectivity index (χ3v) is 4.08. The molecule has 0 spiro atoms. The maximum atomic E-state index is 11.0. The molecule has 0 bridgehead atoms. The molecule has 2 aromatic rings. The second-order valence-corrected chi connectivity index (χ2v) is 5.37.